The molecule has 2 aliphatic rings. The second kappa shape index (κ2) is 7.98. The Balaban J connectivity index is 1.84. The van der Waals surface area contributed by atoms with Crippen molar-refractivity contribution < 1.29 is 27.5 Å². The van der Waals surface area contributed by atoms with Crippen molar-refractivity contribution in [2.75, 3.05) is 14.2 Å². The number of benzene rings is 2. The molecule has 1 aromatic heterocycles. The van der Waals surface area contributed by atoms with Crippen molar-refractivity contribution in [3.8, 4) is 0 Å². The van der Waals surface area contributed by atoms with Gasteiger partial charge in [0.15, 0.2) is 5.41 Å². The Morgan fingerprint density at radius 1 is 0.971 bits per heavy atom. The highest BCUT2D eigenvalue weighted by Gasteiger charge is 2.62. The number of ether oxygens (including phenoxy) is 2. The van der Waals surface area contributed by atoms with Gasteiger partial charge in [0.25, 0.3) is 10.0 Å². The average molecular weight is 482 g/mol. The van der Waals surface area contributed by atoms with E-state index >= 15 is 0 Å². The number of rotatable bonds is 4. The van der Waals surface area contributed by atoms with E-state index in [9.17, 15) is 18.0 Å². The molecule has 3 aromatic rings. The highest BCUT2D eigenvalue weighted by molar-refractivity contribution is 7.90. The topological polar surface area (TPSA) is 91.7 Å². The van der Waals surface area contributed by atoms with Gasteiger partial charge in [-0.15, -0.1) is 0 Å². The molecule has 0 spiro atoms. The standard InChI is InChI=1S/C26H27NO6S/c1-16-11-13-17(14-12-16)34(30,31)27-22-10-5-4-7-18(22)20-15-26(24(28)32-2,25(29)33-3)21-9-6-8-19(21)23(20)27/h4-5,7,10-14,19,21H,6,8-9,15H2,1-3H3. The van der Waals surface area contributed by atoms with Crippen molar-refractivity contribution in [3.05, 3.63) is 65.4 Å². The van der Waals surface area contributed by atoms with Crippen molar-refractivity contribution in [3.63, 3.8) is 0 Å². The summed E-state index contributed by atoms with van der Waals surface area (Å²) in [6.07, 6.45) is 2.10. The van der Waals surface area contributed by atoms with Gasteiger partial charge in [-0.3, -0.25) is 9.59 Å². The Hall–Kier alpha value is -3.13. The fourth-order valence-electron chi connectivity index (χ4n) is 6.11. The summed E-state index contributed by atoms with van der Waals surface area (Å²) in [6, 6.07) is 14.1. The summed E-state index contributed by atoms with van der Waals surface area (Å²) in [5, 5.41) is 0.718. The summed E-state index contributed by atoms with van der Waals surface area (Å²) in [4.78, 5) is 26.6. The Labute approximate surface area is 198 Å². The van der Waals surface area contributed by atoms with E-state index in [4.69, 9.17) is 9.47 Å². The van der Waals surface area contributed by atoms with E-state index in [1.807, 2.05) is 19.1 Å². The summed E-state index contributed by atoms with van der Waals surface area (Å²) in [7, 11) is -1.37. The van der Waals surface area contributed by atoms with Gasteiger partial charge in [-0.05, 0) is 49.4 Å². The second-order valence-electron chi connectivity index (χ2n) is 9.24. The van der Waals surface area contributed by atoms with Gasteiger partial charge in [-0.25, -0.2) is 12.4 Å². The molecule has 2 atom stereocenters. The second-order valence-corrected chi connectivity index (χ2v) is 11.0. The molecule has 0 radical (unpaired) electrons. The highest BCUT2D eigenvalue weighted by Crippen LogP contribution is 2.58. The van der Waals surface area contributed by atoms with E-state index in [1.54, 1.807) is 36.4 Å². The molecule has 2 aromatic carbocycles. The molecule has 1 saturated carbocycles. The third-order valence-electron chi connectivity index (χ3n) is 7.59. The van der Waals surface area contributed by atoms with Crippen LogP contribution in [0.15, 0.2) is 53.4 Å². The third-order valence-corrected chi connectivity index (χ3v) is 9.33. The van der Waals surface area contributed by atoms with E-state index in [0.29, 0.717) is 29.6 Å². The molecule has 34 heavy (non-hydrogen) atoms. The van der Waals surface area contributed by atoms with Gasteiger partial charge in [-0.2, -0.15) is 0 Å². The predicted octanol–water partition coefficient (Wildman–Crippen LogP) is 3.96. The van der Waals surface area contributed by atoms with Crippen LogP contribution in [-0.4, -0.2) is 38.5 Å². The van der Waals surface area contributed by atoms with Crippen molar-refractivity contribution in [2.24, 2.45) is 11.3 Å². The molecule has 0 aliphatic heterocycles. The molecular formula is C26H27NO6S. The van der Waals surface area contributed by atoms with E-state index in [1.165, 1.54) is 18.2 Å². The highest BCUT2D eigenvalue weighted by atomic mass is 32.2. The largest absolute Gasteiger partial charge is 0.468 e. The van der Waals surface area contributed by atoms with E-state index < -0.39 is 33.3 Å². The normalized spacial score (nSPS) is 21.0. The van der Waals surface area contributed by atoms with Crippen molar-refractivity contribution in [2.45, 2.75) is 43.4 Å². The van der Waals surface area contributed by atoms with Crippen LogP contribution in [0.1, 0.15) is 42.0 Å². The van der Waals surface area contributed by atoms with Crippen LogP contribution in [0.4, 0.5) is 0 Å². The number of aryl methyl sites for hydroxylation is 1. The molecule has 8 heteroatoms. The SMILES string of the molecule is COC(=O)C1(C(=O)OC)Cc2c(n(S(=O)(=O)c3ccc(C)cc3)c3ccccc23)C2CCCC21. The number of nitrogens with zero attached hydrogens (tertiary/aromatic N) is 1. The maximum atomic E-state index is 14.0. The smallest absolute Gasteiger partial charge is 0.323 e. The molecule has 2 aliphatic carbocycles. The summed E-state index contributed by atoms with van der Waals surface area (Å²) >= 11 is 0. The molecule has 0 saturated heterocycles. The van der Waals surface area contributed by atoms with Crippen LogP contribution < -0.4 is 0 Å². The average Bonchev–Trinajstić information content (AvgIpc) is 3.46. The van der Waals surface area contributed by atoms with Gasteiger partial charge in [0.1, 0.15) is 0 Å². The Bertz CT molecular complexity index is 1390. The number of hydrogen-bond acceptors (Lipinski definition) is 6. The fraction of sp³-hybridized carbons (Fsp3) is 0.385. The minimum atomic E-state index is -3.92. The maximum absolute atomic E-state index is 14.0. The summed E-state index contributed by atoms with van der Waals surface area (Å²) in [5.74, 6) is -1.95. The van der Waals surface area contributed by atoms with Gasteiger partial charge >= 0.3 is 11.9 Å². The molecule has 1 fully saturated rings. The lowest BCUT2D eigenvalue weighted by molar-refractivity contribution is -0.175. The number of carbonyl (C=O) groups excluding carboxylic acids is 2. The molecule has 1 heterocycles. The number of aromatic nitrogens is 1. The van der Waals surface area contributed by atoms with E-state index in [0.717, 1.165) is 17.4 Å². The summed E-state index contributed by atoms with van der Waals surface area (Å²) in [5.41, 5.74) is 1.39. The molecule has 5 rings (SSSR count). The van der Waals surface area contributed by atoms with Crippen LogP contribution >= 0.6 is 0 Å². The zero-order chi connectivity index (χ0) is 24.3. The predicted molar refractivity (Wildman–Crippen MR) is 126 cm³/mol. The number of esters is 2. The van der Waals surface area contributed by atoms with Crippen LogP contribution in [0, 0.1) is 18.3 Å². The van der Waals surface area contributed by atoms with Gasteiger partial charge in [0, 0.05) is 23.4 Å². The van der Waals surface area contributed by atoms with Crippen molar-refractivity contribution >= 4 is 32.9 Å². The monoisotopic (exact) mass is 481 g/mol. The number of carbonyl (C=O) groups is 2. The first-order valence-corrected chi connectivity index (χ1v) is 12.8. The molecule has 178 valence electrons. The molecule has 0 amide bonds. The van der Waals surface area contributed by atoms with Crippen LogP contribution in [-0.2, 0) is 35.5 Å². The lowest BCUT2D eigenvalue weighted by Crippen LogP contribution is -2.52. The minimum Gasteiger partial charge on any atom is -0.468 e. The van der Waals surface area contributed by atoms with Crippen molar-refractivity contribution in [1.29, 1.82) is 0 Å². The zero-order valence-electron chi connectivity index (χ0n) is 19.4. The molecular weight excluding hydrogens is 454 g/mol. The van der Waals surface area contributed by atoms with Gasteiger partial charge in [0.2, 0.25) is 0 Å². The molecule has 0 N–H and O–H groups in total. The maximum Gasteiger partial charge on any atom is 0.323 e. The minimum absolute atomic E-state index is 0.0414. The Morgan fingerprint density at radius 3 is 2.26 bits per heavy atom. The lowest BCUT2D eigenvalue weighted by atomic mass is 9.62. The molecule has 2 unspecified atom stereocenters. The van der Waals surface area contributed by atoms with Gasteiger partial charge < -0.3 is 9.47 Å². The number of fused-ring (bicyclic) bond motifs is 5. The lowest BCUT2D eigenvalue weighted by Gasteiger charge is -2.41. The van der Waals surface area contributed by atoms with Gasteiger partial charge in [-0.1, -0.05) is 42.3 Å². The van der Waals surface area contributed by atoms with Crippen LogP contribution in [0.3, 0.4) is 0 Å². The third kappa shape index (κ3) is 2.97. The molecule has 7 nitrogen and oxygen atoms in total. The molecule has 0 bridgehead atoms. The van der Waals surface area contributed by atoms with E-state index in [2.05, 4.69) is 0 Å². The first kappa shape index (κ1) is 22.7. The van der Waals surface area contributed by atoms with Crippen LogP contribution in [0.25, 0.3) is 10.9 Å². The summed E-state index contributed by atoms with van der Waals surface area (Å²) in [6.45, 7) is 1.91. The van der Waals surface area contributed by atoms with E-state index in [-0.39, 0.29) is 17.2 Å². The quantitative estimate of drug-likeness (QED) is 0.414. The zero-order valence-corrected chi connectivity index (χ0v) is 20.2. The van der Waals surface area contributed by atoms with Gasteiger partial charge in [0.05, 0.1) is 24.6 Å². The fourth-order valence-corrected chi connectivity index (χ4v) is 7.73. The first-order chi connectivity index (χ1) is 16.3. The number of para-hydroxylation sites is 1. The number of methoxy groups -OCH3 is 2. The number of hydrogen-bond donors (Lipinski definition) is 0. The first-order valence-electron chi connectivity index (χ1n) is 11.4. The van der Waals surface area contributed by atoms with Crippen LogP contribution in [0.2, 0.25) is 0 Å². The Kier molecular flexibility index (Phi) is 5.31. The van der Waals surface area contributed by atoms with Crippen molar-refractivity contribution in [1.82, 2.24) is 3.97 Å². The Morgan fingerprint density at radius 2 is 1.62 bits per heavy atom. The summed E-state index contributed by atoms with van der Waals surface area (Å²) < 4.78 is 39.7. The van der Waals surface area contributed by atoms with Crippen LogP contribution in [0.5, 0.6) is 0 Å².